The lowest BCUT2D eigenvalue weighted by Crippen LogP contribution is -2.25. The van der Waals surface area contributed by atoms with Gasteiger partial charge in [-0.3, -0.25) is 9.78 Å². The van der Waals surface area contributed by atoms with Crippen molar-refractivity contribution in [3.63, 3.8) is 0 Å². The molecule has 0 fully saturated rings. The Bertz CT molecular complexity index is 673. The van der Waals surface area contributed by atoms with Gasteiger partial charge < -0.3 is 14.8 Å². The molecule has 5 heteroatoms. The summed E-state index contributed by atoms with van der Waals surface area (Å²) < 4.78 is 11.1. The summed E-state index contributed by atoms with van der Waals surface area (Å²) in [6, 6.07) is 9.55. The summed E-state index contributed by atoms with van der Waals surface area (Å²) in [6.07, 6.45) is 4.08. The van der Waals surface area contributed by atoms with Gasteiger partial charge in [-0.25, -0.2) is 0 Å². The van der Waals surface area contributed by atoms with Crippen LogP contribution in [0.1, 0.15) is 35.2 Å². The molecule has 0 bridgehead atoms. The van der Waals surface area contributed by atoms with Gasteiger partial charge in [0.1, 0.15) is 13.2 Å². The van der Waals surface area contributed by atoms with Gasteiger partial charge in [0.05, 0.1) is 5.56 Å². The molecule has 23 heavy (non-hydrogen) atoms. The molecule has 2 aromatic rings. The molecule has 1 N–H and O–H groups in total. The molecule has 1 aromatic heterocycles. The molecule has 1 amide bonds. The van der Waals surface area contributed by atoms with E-state index in [0.29, 0.717) is 31.2 Å². The zero-order valence-electron chi connectivity index (χ0n) is 13.1. The van der Waals surface area contributed by atoms with Gasteiger partial charge >= 0.3 is 0 Å². The lowest BCUT2D eigenvalue weighted by molar-refractivity contribution is 0.0952. The third-order valence-electron chi connectivity index (χ3n) is 3.92. The van der Waals surface area contributed by atoms with Crippen LogP contribution >= 0.6 is 0 Å². The largest absolute Gasteiger partial charge is 0.486 e. The molecule has 120 valence electrons. The van der Waals surface area contributed by atoms with E-state index in [0.717, 1.165) is 17.9 Å². The third kappa shape index (κ3) is 3.80. The maximum Gasteiger partial charge on any atom is 0.252 e. The number of carbonyl (C=O) groups is 1. The van der Waals surface area contributed by atoms with Crippen LogP contribution in [0.5, 0.6) is 11.5 Å². The zero-order chi connectivity index (χ0) is 16.1. The number of benzene rings is 1. The summed E-state index contributed by atoms with van der Waals surface area (Å²) in [4.78, 5) is 15.9. The van der Waals surface area contributed by atoms with Crippen LogP contribution in [0.15, 0.2) is 42.7 Å². The Morgan fingerprint density at radius 3 is 2.87 bits per heavy atom. The molecule has 0 radical (unpaired) electrons. The van der Waals surface area contributed by atoms with Crippen molar-refractivity contribution in [2.75, 3.05) is 19.8 Å². The number of ether oxygens (including phenoxy) is 2. The van der Waals surface area contributed by atoms with E-state index in [1.165, 1.54) is 5.56 Å². The minimum atomic E-state index is -0.0903. The maximum atomic E-state index is 12.0. The van der Waals surface area contributed by atoms with Gasteiger partial charge in [0.15, 0.2) is 11.5 Å². The van der Waals surface area contributed by atoms with Gasteiger partial charge in [0.2, 0.25) is 0 Å². The molecule has 3 rings (SSSR count). The van der Waals surface area contributed by atoms with E-state index in [9.17, 15) is 4.79 Å². The van der Waals surface area contributed by atoms with Crippen molar-refractivity contribution >= 4 is 5.91 Å². The first-order valence-electron chi connectivity index (χ1n) is 7.82. The molecule has 1 aromatic carbocycles. The standard InChI is InChI=1S/C18H20N2O3/c1-13(6-8-20-18(21)15-3-2-7-19-12-15)14-4-5-16-17(11-14)23-10-9-22-16/h2-5,7,11-13H,6,8-10H2,1H3,(H,20,21). The lowest BCUT2D eigenvalue weighted by atomic mass is 9.97. The summed E-state index contributed by atoms with van der Waals surface area (Å²) in [6.45, 7) is 3.94. The number of pyridine rings is 1. The number of amides is 1. The molecule has 0 aliphatic carbocycles. The Labute approximate surface area is 135 Å². The number of carbonyl (C=O) groups excluding carboxylic acids is 1. The maximum absolute atomic E-state index is 12.0. The van der Waals surface area contributed by atoms with Crippen LogP contribution in [0.25, 0.3) is 0 Å². The summed E-state index contributed by atoms with van der Waals surface area (Å²) >= 11 is 0. The molecule has 1 atom stereocenters. The number of fused-ring (bicyclic) bond motifs is 1. The van der Waals surface area contributed by atoms with Gasteiger partial charge in [0.25, 0.3) is 5.91 Å². The SMILES string of the molecule is CC(CCNC(=O)c1cccnc1)c1ccc2c(c1)OCCO2. The highest BCUT2D eigenvalue weighted by Gasteiger charge is 2.14. The number of nitrogens with zero attached hydrogens (tertiary/aromatic N) is 1. The van der Waals surface area contributed by atoms with Crippen LogP contribution in [-0.4, -0.2) is 30.6 Å². The lowest BCUT2D eigenvalue weighted by Gasteiger charge is -2.20. The number of aromatic nitrogens is 1. The minimum absolute atomic E-state index is 0.0903. The molecule has 2 heterocycles. The number of rotatable bonds is 5. The topological polar surface area (TPSA) is 60.5 Å². The molecule has 0 spiro atoms. The second-order valence-electron chi connectivity index (χ2n) is 5.59. The van der Waals surface area contributed by atoms with Crippen LogP contribution in [-0.2, 0) is 0 Å². The van der Waals surface area contributed by atoms with Gasteiger partial charge in [-0.1, -0.05) is 13.0 Å². The average Bonchev–Trinajstić information content (AvgIpc) is 2.61. The fourth-order valence-corrected chi connectivity index (χ4v) is 2.53. The smallest absolute Gasteiger partial charge is 0.252 e. The summed E-state index contributed by atoms with van der Waals surface area (Å²) in [7, 11) is 0. The highest BCUT2D eigenvalue weighted by Crippen LogP contribution is 2.33. The second kappa shape index (κ2) is 7.13. The van der Waals surface area contributed by atoms with Crippen molar-refractivity contribution in [3.05, 3.63) is 53.9 Å². The molecule has 1 unspecified atom stereocenters. The van der Waals surface area contributed by atoms with Crippen molar-refractivity contribution in [2.24, 2.45) is 0 Å². The van der Waals surface area contributed by atoms with E-state index < -0.39 is 0 Å². The summed E-state index contributed by atoms with van der Waals surface area (Å²) in [5.41, 5.74) is 1.77. The predicted octanol–water partition coefficient (Wildman–Crippen LogP) is 2.78. The van der Waals surface area contributed by atoms with E-state index in [4.69, 9.17) is 9.47 Å². The molecule has 5 nitrogen and oxygen atoms in total. The Kier molecular flexibility index (Phi) is 4.76. The first-order chi connectivity index (χ1) is 11.2. The Morgan fingerprint density at radius 1 is 1.26 bits per heavy atom. The van der Waals surface area contributed by atoms with Crippen molar-refractivity contribution in [2.45, 2.75) is 19.3 Å². The van der Waals surface area contributed by atoms with Crippen LogP contribution in [0.2, 0.25) is 0 Å². The van der Waals surface area contributed by atoms with Crippen molar-refractivity contribution in [1.29, 1.82) is 0 Å². The van der Waals surface area contributed by atoms with E-state index in [-0.39, 0.29) is 5.91 Å². The third-order valence-corrected chi connectivity index (χ3v) is 3.92. The van der Waals surface area contributed by atoms with Crippen LogP contribution in [0.3, 0.4) is 0 Å². The minimum Gasteiger partial charge on any atom is -0.486 e. The van der Waals surface area contributed by atoms with Gasteiger partial charge in [-0.05, 0) is 42.2 Å². The Hall–Kier alpha value is -2.56. The average molecular weight is 312 g/mol. The monoisotopic (exact) mass is 312 g/mol. The highest BCUT2D eigenvalue weighted by atomic mass is 16.6. The molecule has 1 aliphatic heterocycles. The number of hydrogen-bond acceptors (Lipinski definition) is 4. The summed E-state index contributed by atoms with van der Waals surface area (Å²) in [5, 5.41) is 2.93. The van der Waals surface area contributed by atoms with E-state index in [1.807, 2.05) is 12.1 Å². The Balaban J connectivity index is 1.53. The molecular weight excluding hydrogens is 292 g/mol. The Morgan fingerprint density at radius 2 is 2.09 bits per heavy atom. The number of hydrogen-bond donors (Lipinski definition) is 1. The fraction of sp³-hybridized carbons (Fsp3) is 0.333. The van der Waals surface area contributed by atoms with Crippen molar-refractivity contribution in [1.82, 2.24) is 10.3 Å². The van der Waals surface area contributed by atoms with Crippen LogP contribution in [0, 0.1) is 0 Å². The van der Waals surface area contributed by atoms with Gasteiger partial charge in [-0.2, -0.15) is 0 Å². The second-order valence-corrected chi connectivity index (χ2v) is 5.59. The van der Waals surface area contributed by atoms with Gasteiger partial charge in [-0.15, -0.1) is 0 Å². The molecule has 0 saturated carbocycles. The zero-order valence-corrected chi connectivity index (χ0v) is 13.1. The summed E-state index contributed by atoms with van der Waals surface area (Å²) in [5.74, 6) is 1.84. The molecule has 1 aliphatic rings. The first-order valence-corrected chi connectivity index (χ1v) is 7.82. The van der Waals surface area contributed by atoms with Gasteiger partial charge in [0, 0.05) is 18.9 Å². The van der Waals surface area contributed by atoms with E-state index in [1.54, 1.807) is 24.5 Å². The van der Waals surface area contributed by atoms with Crippen LogP contribution < -0.4 is 14.8 Å². The predicted molar refractivity (Wildman–Crippen MR) is 87.0 cm³/mol. The van der Waals surface area contributed by atoms with Crippen molar-refractivity contribution in [3.8, 4) is 11.5 Å². The quantitative estimate of drug-likeness (QED) is 0.922. The highest BCUT2D eigenvalue weighted by molar-refractivity contribution is 5.93. The first kappa shape index (κ1) is 15.3. The fourth-order valence-electron chi connectivity index (χ4n) is 2.53. The van der Waals surface area contributed by atoms with E-state index in [2.05, 4.69) is 23.3 Å². The van der Waals surface area contributed by atoms with Crippen LogP contribution in [0.4, 0.5) is 0 Å². The number of nitrogens with one attached hydrogen (secondary N) is 1. The molecule has 0 saturated heterocycles. The van der Waals surface area contributed by atoms with E-state index >= 15 is 0 Å². The van der Waals surface area contributed by atoms with Crippen molar-refractivity contribution < 1.29 is 14.3 Å². The normalized spacial score (nSPS) is 14.1. The molecular formula is C18H20N2O3.